The van der Waals surface area contributed by atoms with Crippen LogP contribution in [0.4, 0.5) is 8.78 Å². The maximum absolute atomic E-state index is 12.9. The predicted molar refractivity (Wildman–Crippen MR) is 60.3 cm³/mol. The van der Waals surface area contributed by atoms with Gasteiger partial charge in [0.1, 0.15) is 0 Å². The average molecular weight is 225 g/mol. The van der Waals surface area contributed by atoms with Crippen LogP contribution in [0.1, 0.15) is 31.2 Å². The summed E-state index contributed by atoms with van der Waals surface area (Å²) in [5.74, 6) is -1.51. The van der Waals surface area contributed by atoms with Gasteiger partial charge >= 0.3 is 0 Å². The lowest BCUT2D eigenvalue weighted by Gasteiger charge is -2.03. The lowest BCUT2D eigenvalue weighted by molar-refractivity contribution is 0.506. The van der Waals surface area contributed by atoms with Crippen molar-refractivity contribution in [1.82, 2.24) is 5.32 Å². The summed E-state index contributed by atoms with van der Waals surface area (Å²) in [7, 11) is 0. The van der Waals surface area contributed by atoms with Gasteiger partial charge in [0.2, 0.25) is 0 Å². The van der Waals surface area contributed by atoms with Gasteiger partial charge in [0.05, 0.1) is 0 Å². The van der Waals surface area contributed by atoms with Crippen LogP contribution in [0.2, 0.25) is 0 Å². The molecule has 0 bridgehead atoms. The summed E-state index contributed by atoms with van der Waals surface area (Å²) in [6.07, 6.45) is 5.55. The molecule has 0 aromatic heterocycles. The van der Waals surface area contributed by atoms with Crippen molar-refractivity contribution in [2.75, 3.05) is 6.54 Å². The van der Waals surface area contributed by atoms with E-state index < -0.39 is 11.6 Å². The van der Waals surface area contributed by atoms with Crippen molar-refractivity contribution < 1.29 is 8.78 Å². The fraction of sp³-hybridized carbons (Fsp3) is 0.538. The van der Waals surface area contributed by atoms with E-state index in [9.17, 15) is 8.78 Å². The van der Waals surface area contributed by atoms with Crippen molar-refractivity contribution in [2.24, 2.45) is 0 Å². The first-order valence-corrected chi connectivity index (χ1v) is 5.93. The number of aryl methyl sites for hydroxylation is 1. The SMILES string of the molecule is Fc1ccc(CCCCNC2CC2)cc1F. The minimum absolute atomic E-state index is 0.742. The van der Waals surface area contributed by atoms with Gasteiger partial charge in [-0.3, -0.25) is 0 Å². The van der Waals surface area contributed by atoms with E-state index >= 15 is 0 Å². The lowest BCUT2D eigenvalue weighted by atomic mass is 10.1. The van der Waals surface area contributed by atoms with Crippen molar-refractivity contribution in [1.29, 1.82) is 0 Å². The Balaban J connectivity index is 1.65. The monoisotopic (exact) mass is 225 g/mol. The highest BCUT2D eigenvalue weighted by Gasteiger charge is 2.19. The van der Waals surface area contributed by atoms with Crippen LogP contribution >= 0.6 is 0 Å². The van der Waals surface area contributed by atoms with Crippen LogP contribution in [0.15, 0.2) is 18.2 Å². The molecular weight excluding hydrogens is 208 g/mol. The second kappa shape index (κ2) is 5.39. The third-order valence-corrected chi connectivity index (χ3v) is 2.89. The standard InChI is InChI=1S/C13H17F2N/c14-12-7-4-10(9-13(12)15)3-1-2-8-16-11-5-6-11/h4,7,9,11,16H,1-3,5-6,8H2. The second-order valence-corrected chi connectivity index (χ2v) is 4.43. The van der Waals surface area contributed by atoms with Crippen LogP contribution in [0.5, 0.6) is 0 Å². The quantitative estimate of drug-likeness (QED) is 0.734. The molecule has 1 nitrogen and oxygen atoms in total. The van der Waals surface area contributed by atoms with Crippen LogP contribution in [-0.2, 0) is 6.42 Å². The van der Waals surface area contributed by atoms with Gasteiger partial charge in [-0.1, -0.05) is 6.07 Å². The molecule has 1 saturated carbocycles. The minimum atomic E-state index is -0.765. The van der Waals surface area contributed by atoms with Gasteiger partial charge in [0, 0.05) is 6.04 Å². The molecule has 0 saturated heterocycles. The molecule has 0 atom stereocenters. The van der Waals surface area contributed by atoms with Gasteiger partial charge in [-0.25, -0.2) is 8.78 Å². The maximum Gasteiger partial charge on any atom is 0.159 e. The molecule has 1 aliphatic rings. The fourth-order valence-corrected chi connectivity index (χ4v) is 1.74. The zero-order valence-electron chi connectivity index (χ0n) is 9.31. The van der Waals surface area contributed by atoms with E-state index in [-0.39, 0.29) is 0 Å². The average Bonchev–Trinajstić information content (AvgIpc) is 3.07. The molecule has 1 aromatic rings. The highest BCUT2D eigenvalue weighted by Crippen LogP contribution is 2.18. The predicted octanol–water partition coefficient (Wildman–Crippen LogP) is 3.04. The number of nitrogens with one attached hydrogen (secondary N) is 1. The third-order valence-electron chi connectivity index (χ3n) is 2.89. The van der Waals surface area contributed by atoms with Gasteiger partial charge in [-0.15, -0.1) is 0 Å². The number of rotatable bonds is 6. The van der Waals surface area contributed by atoms with Gasteiger partial charge in [0.25, 0.3) is 0 Å². The fourth-order valence-electron chi connectivity index (χ4n) is 1.74. The summed E-state index contributed by atoms with van der Waals surface area (Å²) in [6, 6.07) is 4.91. The van der Waals surface area contributed by atoms with E-state index in [1.807, 2.05) is 0 Å². The molecule has 88 valence electrons. The molecule has 0 amide bonds. The van der Waals surface area contributed by atoms with E-state index in [4.69, 9.17) is 0 Å². The third kappa shape index (κ3) is 3.56. The molecule has 0 radical (unpaired) electrons. The van der Waals surface area contributed by atoms with Gasteiger partial charge < -0.3 is 5.32 Å². The summed E-state index contributed by atoms with van der Waals surface area (Å²) in [4.78, 5) is 0. The highest BCUT2D eigenvalue weighted by atomic mass is 19.2. The number of halogens is 2. The Kier molecular flexibility index (Phi) is 3.88. The van der Waals surface area contributed by atoms with E-state index in [0.29, 0.717) is 0 Å². The Morgan fingerprint density at radius 3 is 2.62 bits per heavy atom. The van der Waals surface area contributed by atoms with E-state index in [0.717, 1.165) is 37.4 Å². The van der Waals surface area contributed by atoms with E-state index in [2.05, 4.69) is 5.32 Å². The van der Waals surface area contributed by atoms with E-state index in [1.165, 1.54) is 25.0 Å². The highest BCUT2D eigenvalue weighted by molar-refractivity contribution is 5.17. The van der Waals surface area contributed by atoms with Crippen molar-refractivity contribution in [3.05, 3.63) is 35.4 Å². The molecule has 1 aromatic carbocycles. The molecule has 1 fully saturated rings. The van der Waals surface area contributed by atoms with Crippen LogP contribution in [-0.4, -0.2) is 12.6 Å². The molecule has 1 aliphatic carbocycles. The summed E-state index contributed by atoms with van der Waals surface area (Å²) < 4.78 is 25.5. The van der Waals surface area contributed by atoms with Crippen molar-refractivity contribution in [3.63, 3.8) is 0 Å². The number of unbranched alkanes of at least 4 members (excludes halogenated alkanes) is 1. The molecule has 0 heterocycles. The first-order valence-electron chi connectivity index (χ1n) is 5.93. The zero-order chi connectivity index (χ0) is 11.4. The van der Waals surface area contributed by atoms with Crippen LogP contribution in [0, 0.1) is 11.6 Å². The summed E-state index contributed by atoms with van der Waals surface area (Å²) in [5, 5.41) is 3.43. The minimum Gasteiger partial charge on any atom is -0.314 e. The second-order valence-electron chi connectivity index (χ2n) is 4.43. The first-order chi connectivity index (χ1) is 7.75. The van der Waals surface area contributed by atoms with Crippen LogP contribution in [0.25, 0.3) is 0 Å². The van der Waals surface area contributed by atoms with Crippen LogP contribution < -0.4 is 5.32 Å². The molecule has 2 rings (SSSR count). The molecule has 0 aliphatic heterocycles. The molecule has 1 N–H and O–H groups in total. The maximum atomic E-state index is 12.9. The summed E-state index contributed by atoms with van der Waals surface area (Å²) in [5.41, 5.74) is 0.880. The number of hydrogen-bond donors (Lipinski definition) is 1. The number of hydrogen-bond acceptors (Lipinski definition) is 1. The Bertz CT molecular complexity index is 348. The first kappa shape index (κ1) is 11.5. The van der Waals surface area contributed by atoms with Crippen molar-refractivity contribution in [2.45, 2.75) is 38.1 Å². The van der Waals surface area contributed by atoms with Crippen LogP contribution in [0.3, 0.4) is 0 Å². The Morgan fingerprint density at radius 1 is 1.12 bits per heavy atom. The molecule has 16 heavy (non-hydrogen) atoms. The number of benzene rings is 1. The summed E-state index contributed by atoms with van der Waals surface area (Å²) in [6.45, 7) is 1.04. The smallest absolute Gasteiger partial charge is 0.159 e. The van der Waals surface area contributed by atoms with Gasteiger partial charge in [-0.05, 0) is 56.3 Å². The topological polar surface area (TPSA) is 12.0 Å². The summed E-state index contributed by atoms with van der Waals surface area (Å²) >= 11 is 0. The van der Waals surface area contributed by atoms with Gasteiger partial charge in [-0.2, -0.15) is 0 Å². The molecule has 0 spiro atoms. The van der Waals surface area contributed by atoms with Crippen molar-refractivity contribution >= 4 is 0 Å². The normalized spacial score (nSPS) is 15.4. The Hall–Kier alpha value is -0.960. The lowest BCUT2D eigenvalue weighted by Crippen LogP contribution is -2.17. The Morgan fingerprint density at radius 2 is 1.94 bits per heavy atom. The van der Waals surface area contributed by atoms with E-state index in [1.54, 1.807) is 6.07 Å². The largest absolute Gasteiger partial charge is 0.314 e. The van der Waals surface area contributed by atoms with Gasteiger partial charge in [0.15, 0.2) is 11.6 Å². The molecule has 3 heteroatoms. The zero-order valence-corrected chi connectivity index (χ0v) is 9.31. The molecule has 0 unspecified atom stereocenters. The Labute approximate surface area is 94.9 Å². The van der Waals surface area contributed by atoms with Crippen molar-refractivity contribution in [3.8, 4) is 0 Å². The molecular formula is C13H17F2N.